The van der Waals surface area contributed by atoms with Crippen molar-refractivity contribution in [2.75, 3.05) is 0 Å². The predicted molar refractivity (Wildman–Crippen MR) is 55.0 cm³/mol. The molecule has 15 heavy (non-hydrogen) atoms. The Morgan fingerprint density at radius 2 is 2.40 bits per heavy atom. The first-order valence-corrected chi connectivity index (χ1v) is 5.31. The third-order valence-corrected chi connectivity index (χ3v) is 2.90. The fraction of sp³-hybridized carbons (Fsp3) is 0.500. The van der Waals surface area contributed by atoms with Crippen molar-refractivity contribution in [2.24, 2.45) is 5.73 Å². The molecular weight excluding hydrogens is 214 g/mol. The quantitative estimate of drug-likeness (QED) is 0.843. The zero-order valence-corrected chi connectivity index (χ0v) is 9.28. The van der Waals surface area contributed by atoms with Gasteiger partial charge in [0.15, 0.2) is 5.82 Å². The van der Waals surface area contributed by atoms with Crippen LogP contribution < -0.4 is 5.73 Å². The lowest BCUT2D eigenvalue weighted by atomic mass is 10.0. The molecule has 0 spiro atoms. The van der Waals surface area contributed by atoms with Crippen LogP contribution in [-0.2, 0) is 5.54 Å². The first-order chi connectivity index (χ1) is 7.13. The van der Waals surface area contributed by atoms with Crippen LogP contribution in [0.25, 0.3) is 10.8 Å². The molecule has 2 aromatic rings. The van der Waals surface area contributed by atoms with E-state index in [0.29, 0.717) is 11.7 Å². The van der Waals surface area contributed by atoms with Crippen molar-refractivity contribution in [2.45, 2.75) is 25.8 Å². The second-order valence-corrected chi connectivity index (χ2v) is 4.26. The highest BCUT2D eigenvalue weighted by atomic mass is 32.1. The van der Waals surface area contributed by atoms with Crippen molar-refractivity contribution >= 4 is 11.5 Å². The molecule has 0 fully saturated rings. The normalized spacial score (nSPS) is 15.1. The van der Waals surface area contributed by atoms with Crippen LogP contribution in [0.15, 0.2) is 10.7 Å². The average molecular weight is 225 g/mol. The number of hydrogen-bond acceptors (Lipinski definition) is 7. The summed E-state index contributed by atoms with van der Waals surface area (Å²) in [5.41, 5.74) is 5.44. The zero-order valence-electron chi connectivity index (χ0n) is 8.47. The summed E-state index contributed by atoms with van der Waals surface area (Å²) in [4.78, 5) is 4.97. The van der Waals surface area contributed by atoms with Crippen LogP contribution in [-0.4, -0.2) is 19.7 Å². The summed E-state index contributed by atoms with van der Waals surface area (Å²) in [5, 5.41) is 7.55. The topological polar surface area (TPSA) is 90.7 Å². The van der Waals surface area contributed by atoms with E-state index < -0.39 is 5.54 Å². The fourth-order valence-electron chi connectivity index (χ4n) is 0.975. The first kappa shape index (κ1) is 10.2. The molecule has 1 atom stereocenters. The summed E-state index contributed by atoms with van der Waals surface area (Å²) in [6.07, 6.45) is 2.33. The maximum Gasteiger partial charge on any atom is 0.271 e. The van der Waals surface area contributed by atoms with E-state index in [1.807, 2.05) is 13.8 Å². The van der Waals surface area contributed by atoms with E-state index >= 15 is 0 Å². The van der Waals surface area contributed by atoms with Crippen molar-refractivity contribution in [3.63, 3.8) is 0 Å². The minimum Gasteiger partial charge on any atom is -0.333 e. The monoisotopic (exact) mass is 225 g/mol. The van der Waals surface area contributed by atoms with E-state index in [1.54, 1.807) is 6.20 Å². The Hall–Kier alpha value is -1.34. The number of aromatic nitrogens is 4. The van der Waals surface area contributed by atoms with Crippen molar-refractivity contribution in [1.29, 1.82) is 0 Å². The molecule has 0 bridgehead atoms. The van der Waals surface area contributed by atoms with Crippen LogP contribution >= 0.6 is 11.5 Å². The minimum absolute atomic E-state index is 0.421. The summed E-state index contributed by atoms with van der Waals surface area (Å²) in [6, 6.07) is 0. The summed E-state index contributed by atoms with van der Waals surface area (Å²) in [6.45, 7) is 3.84. The molecule has 80 valence electrons. The Morgan fingerprint density at radius 1 is 1.60 bits per heavy atom. The van der Waals surface area contributed by atoms with E-state index in [-0.39, 0.29) is 0 Å². The largest absolute Gasteiger partial charge is 0.333 e. The van der Waals surface area contributed by atoms with Crippen LogP contribution in [0.1, 0.15) is 26.1 Å². The molecule has 2 heterocycles. The average Bonchev–Trinajstić information content (AvgIpc) is 2.88. The molecule has 1 unspecified atom stereocenters. The van der Waals surface area contributed by atoms with Gasteiger partial charge >= 0.3 is 0 Å². The van der Waals surface area contributed by atoms with Crippen LogP contribution in [0.2, 0.25) is 0 Å². The Kier molecular flexibility index (Phi) is 2.49. The lowest BCUT2D eigenvalue weighted by Crippen LogP contribution is -2.33. The van der Waals surface area contributed by atoms with E-state index in [1.165, 1.54) is 11.5 Å². The van der Waals surface area contributed by atoms with E-state index in [0.717, 1.165) is 11.3 Å². The zero-order chi connectivity index (χ0) is 10.9. The summed E-state index contributed by atoms with van der Waals surface area (Å²) < 4.78 is 8.81. The first-order valence-electron chi connectivity index (χ1n) is 4.54. The number of nitrogens with two attached hydrogens (primary N) is 1. The van der Waals surface area contributed by atoms with Crippen LogP contribution in [0, 0.1) is 0 Å². The van der Waals surface area contributed by atoms with Gasteiger partial charge in [-0.15, -0.1) is 5.10 Å². The van der Waals surface area contributed by atoms with Gasteiger partial charge in [0, 0.05) is 0 Å². The molecule has 0 aromatic carbocycles. The molecule has 0 amide bonds. The molecule has 0 aliphatic carbocycles. The molecule has 2 aromatic heterocycles. The van der Waals surface area contributed by atoms with Gasteiger partial charge in [-0.25, -0.2) is 0 Å². The molecule has 0 aliphatic heterocycles. The molecule has 6 nitrogen and oxygen atoms in total. The van der Waals surface area contributed by atoms with Gasteiger partial charge in [0.05, 0.1) is 11.7 Å². The van der Waals surface area contributed by atoms with Crippen LogP contribution in [0.4, 0.5) is 0 Å². The van der Waals surface area contributed by atoms with Gasteiger partial charge < -0.3 is 10.3 Å². The fourth-order valence-corrected chi connectivity index (χ4v) is 1.41. The highest BCUT2D eigenvalue weighted by Crippen LogP contribution is 2.23. The molecular formula is C8H11N5OS. The van der Waals surface area contributed by atoms with Gasteiger partial charge in [0.1, 0.15) is 4.88 Å². The predicted octanol–water partition coefficient (Wildman–Crippen LogP) is 1.17. The second kappa shape index (κ2) is 3.67. The third-order valence-electron chi connectivity index (χ3n) is 2.24. The molecule has 0 saturated carbocycles. The maximum absolute atomic E-state index is 5.99. The molecule has 0 aliphatic rings. The number of hydrogen-bond donors (Lipinski definition) is 1. The Bertz CT molecular complexity index is 436. The van der Waals surface area contributed by atoms with Crippen molar-refractivity contribution < 1.29 is 4.52 Å². The van der Waals surface area contributed by atoms with E-state index in [4.69, 9.17) is 10.3 Å². The van der Waals surface area contributed by atoms with Crippen molar-refractivity contribution in [3.05, 3.63) is 12.0 Å². The maximum atomic E-state index is 5.99. The highest BCUT2D eigenvalue weighted by molar-refractivity contribution is 7.09. The van der Waals surface area contributed by atoms with Crippen LogP contribution in [0.5, 0.6) is 0 Å². The Labute approximate surface area is 90.7 Å². The Balaban J connectivity index is 2.33. The van der Waals surface area contributed by atoms with Gasteiger partial charge in [0.25, 0.3) is 5.89 Å². The van der Waals surface area contributed by atoms with E-state index in [9.17, 15) is 0 Å². The van der Waals surface area contributed by atoms with Gasteiger partial charge in [0.2, 0.25) is 0 Å². The lowest BCUT2D eigenvalue weighted by molar-refractivity contribution is 0.379. The highest BCUT2D eigenvalue weighted by Gasteiger charge is 2.25. The summed E-state index contributed by atoms with van der Waals surface area (Å²) in [5.74, 6) is 0.929. The molecule has 7 heteroatoms. The van der Waals surface area contributed by atoms with Crippen molar-refractivity contribution in [1.82, 2.24) is 19.7 Å². The molecule has 0 saturated heterocycles. The van der Waals surface area contributed by atoms with E-state index in [2.05, 4.69) is 19.7 Å². The second-order valence-electron chi connectivity index (χ2n) is 3.48. The van der Waals surface area contributed by atoms with Gasteiger partial charge in [-0.3, -0.25) is 0 Å². The SMILES string of the molecule is CCC(C)(N)c1noc(-c2cnns2)n1. The molecule has 2 rings (SSSR count). The smallest absolute Gasteiger partial charge is 0.271 e. The third kappa shape index (κ3) is 1.88. The van der Waals surface area contributed by atoms with Gasteiger partial charge in [-0.05, 0) is 24.9 Å². The minimum atomic E-state index is -0.556. The van der Waals surface area contributed by atoms with Gasteiger partial charge in [-0.1, -0.05) is 16.6 Å². The summed E-state index contributed by atoms with van der Waals surface area (Å²) in [7, 11) is 0. The lowest BCUT2D eigenvalue weighted by Gasteiger charge is -2.16. The van der Waals surface area contributed by atoms with Crippen molar-refractivity contribution in [3.8, 4) is 10.8 Å². The van der Waals surface area contributed by atoms with Crippen LogP contribution in [0.3, 0.4) is 0 Å². The summed E-state index contributed by atoms with van der Waals surface area (Å²) >= 11 is 1.21. The number of rotatable bonds is 3. The van der Waals surface area contributed by atoms with Gasteiger partial charge in [-0.2, -0.15) is 4.98 Å². The standard InChI is InChI=1S/C8H11N5OS/c1-3-8(2,9)7-11-6(14-12-7)5-4-10-13-15-5/h4H,3,9H2,1-2H3. The Morgan fingerprint density at radius 3 is 3.00 bits per heavy atom. The molecule has 2 N–H and O–H groups in total. The molecule has 0 radical (unpaired) electrons. The number of nitrogens with zero attached hydrogens (tertiary/aromatic N) is 4.